The highest BCUT2D eigenvalue weighted by Gasteiger charge is 2.25. The molecule has 10 nitrogen and oxygen atoms in total. The summed E-state index contributed by atoms with van der Waals surface area (Å²) < 4.78 is 16.7. The predicted octanol–water partition coefficient (Wildman–Crippen LogP) is 3.53. The average Bonchev–Trinajstić information content (AvgIpc) is 2.92. The van der Waals surface area contributed by atoms with E-state index in [2.05, 4.69) is 15.8 Å². The van der Waals surface area contributed by atoms with E-state index in [0.29, 0.717) is 55.0 Å². The first kappa shape index (κ1) is 30.2. The van der Waals surface area contributed by atoms with Crippen molar-refractivity contribution in [1.29, 1.82) is 0 Å². The Morgan fingerprint density at radius 1 is 1.05 bits per heavy atom. The highest BCUT2D eigenvalue weighted by Crippen LogP contribution is 2.28. The second-order valence-electron chi connectivity index (χ2n) is 8.98. The third kappa shape index (κ3) is 8.84. The molecule has 0 bridgehead atoms. The Bertz CT molecular complexity index is 1200. The molecule has 0 spiro atoms. The molecule has 1 atom stereocenters. The van der Waals surface area contributed by atoms with E-state index >= 15 is 0 Å². The molecular formula is C27H32Cl2N4O6. The van der Waals surface area contributed by atoms with Crippen molar-refractivity contribution in [2.45, 2.75) is 26.8 Å². The van der Waals surface area contributed by atoms with Crippen molar-refractivity contribution < 1.29 is 28.6 Å². The lowest BCUT2D eigenvalue weighted by Crippen LogP contribution is -2.48. The van der Waals surface area contributed by atoms with Crippen molar-refractivity contribution in [3.8, 4) is 11.5 Å². The van der Waals surface area contributed by atoms with Crippen molar-refractivity contribution in [3.05, 3.63) is 57.6 Å². The minimum Gasteiger partial charge on any atom is -0.490 e. The molecule has 3 amide bonds. The number of halogens is 2. The lowest BCUT2D eigenvalue weighted by atomic mass is 10.0. The van der Waals surface area contributed by atoms with E-state index in [-0.39, 0.29) is 29.0 Å². The smallest absolute Gasteiger partial charge is 0.262 e. The largest absolute Gasteiger partial charge is 0.490 e. The van der Waals surface area contributed by atoms with Crippen LogP contribution in [0.4, 0.5) is 0 Å². The highest BCUT2D eigenvalue weighted by atomic mass is 35.5. The van der Waals surface area contributed by atoms with Gasteiger partial charge in [-0.3, -0.25) is 14.4 Å². The summed E-state index contributed by atoms with van der Waals surface area (Å²) in [6, 6.07) is 8.73. The molecule has 0 aliphatic carbocycles. The van der Waals surface area contributed by atoms with Crippen LogP contribution in [-0.2, 0) is 14.3 Å². The molecule has 210 valence electrons. The first-order valence-electron chi connectivity index (χ1n) is 12.5. The minimum atomic E-state index is -0.845. The molecule has 0 radical (unpaired) electrons. The van der Waals surface area contributed by atoms with Crippen LogP contribution in [0.1, 0.15) is 36.7 Å². The molecule has 3 rings (SSSR count). The van der Waals surface area contributed by atoms with Crippen molar-refractivity contribution in [2.24, 2.45) is 11.0 Å². The van der Waals surface area contributed by atoms with Crippen LogP contribution in [0.25, 0.3) is 0 Å². The van der Waals surface area contributed by atoms with Gasteiger partial charge in [-0.25, -0.2) is 5.43 Å². The topological polar surface area (TPSA) is 119 Å². The summed E-state index contributed by atoms with van der Waals surface area (Å²) in [5.41, 5.74) is 3.38. The lowest BCUT2D eigenvalue weighted by Gasteiger charge is -2.26. The number of carbonyl (C=O) groups is 3. The van der Waals surface area contributed by atoms with Crippen LogP contribution in [0.3, 0.4) is 0 Å². The summed E-state index contributed by atoms with van der Waals surface area (Å²) in [7, 11) is 0. The van der Waals surface area contributed by atoms with Crippen molar-refractivity contribution >= 4 is 47.1 Å². The normalized spacial score (nSPS) is 14.3. The number of ether oxygens (including phenoxy) is 3. The highest BCUT2D eigenvalue weighted by molar-refractivity contribution is 6.42. The second-order valence-corrected chi connectivity index (χ2v) is 9.79. The molecule has 2 N–H and O–H groups in total. The van der Waals surface area contributed by atoms with Crippen LogP contribution in [0.15, 0.2) is 41.5 Å². The minimum absolute atomic E-state index is 0.117. The van der Waals surface area contributed by atoms with Crippen LogP contribution in [0, 0.1) is 5.92 Å². The summed E-state index contributed by atoms with van der Waals surface area (Å²) in [6.45, 7) is 7.83. The van der Waals surface area contributed by atoms with E-state index in [4.69, 9.17) is 37.4 Å². The molecule has 1 saturated heterocycles. The quantitative estimate of drug-likeness (QED) is 0.311. The van der Waals surface area contributed by atoms with E-state index in [1.54, 1.807) is 36.9 Å². The van der Waals surface area contributed by atoms with Crippen LogP contribution in [0.2, 0.25) is 10.0 Å². The second kappa shape index (κ2) is 14.7. The van der Waals surface area contributed by atoms with E-state index < -0.39 is 17.9 Å². The molecule has 1 unspecified atom stereocenters. The van der Waals surface area contributed by atoms with Crippen molar-refractivity contribution in [3.63, 3.8) is 0 Å². The van der Waals surface area contributed by atoms with Gasteiger partial charge in [0, 0.05) is 18.7 Å². The number of nitrogens with zero attached hydrogens (tertiary/aromatic N) is 2. The molecule has 39 heavy (non-hydrogen) atoms. The van der Waals surface area contributed by atoms with E-state index in [0.717, 1.165) is 0 Å². The van der Waals surface area contributed by atoms with Crippen molar-refractivity contribution in [1.82, 2.24) is 15.6 Å². The maximum absolute atomic E-state index is 12.8. The van der Waals surface area contributed by atoms with E-state index in [1.807, 2.05) is 6.92 Å². The fourth-order valence-electron chi connectivity index (χ4n) is 3.67. The number of nitrogens with one attached hydrogen (secondary N) is 2. The van der Waals surface area contributed by atoms with Crippen LogP contribution in [-0.4, -0.2) is 74.4 Å². The summed E-state index contributed by atoms with van der Waals surface area (Å²) in [5, 5.41) is 7.31. The van der Waals surface area contributed by atoms with Gasteiger partial charge in [-0.2, -0.15) is 5.10 Å². The maximum atomic E-state index is 12.8. The Balaban J connectivity index is 1.60. The van der Waals surface area contributed by atoms with E-state index in [1.165, 1.54) is 24.4 Å². The van der Waals surface area contributed by atoms with Gasteiger partial charge in [0.05, 0.1) is 36.1 Å². The zero-order valence-corrected chi connectivity index (χ0v) is 23.6. The molecule has 0 aromatic heterocycles. The van der Waals surface area contributed by atoms with Gasteiger partial charge in [-0.05, 0) is 54.8 Å². The SMILES string of the molecule is CCOc1cc(/C=N\NC(=O)C(NC(=O)c2ccc(Cl)c(Cl)c2)C(C)C)ccc1OCC(=O)N1CCOCC1. The van der Waals surface area contributed by atoms with Crippen molar-refractivity contribution in [2.75, 3.05) is 39.5 Å². The summed E-state index contributed by atoms with van der Waals surface area (Å²) >= 11 is 11.9. The van der Waals surface area contributed by atoms with Gasteiger partial charge >= 0.3 is 0 Å². The maximum Gasteiger partial charge on any atom is 0.262 e. The van der Waals surface area contributed by atoms with Gasteiger partial charge in [0.1, 0.15) is 6.04 Å². The number of rotatable bonds is 11. The fourth-order valence-corrected chi connectivity index (χ4v) is 3.97. The molecular weight excluding hydrogens is 547 g/mol. The van der Waals surface area contributed by atoms with Crippen LogP contribution >= 0.6 is 23.2 Å². The molecule has 1 heterocycles. The number of hydrogen-bond acceptors (Lipinski definition) is 7. The fraction of sp³-hybridized carbons (Fsp3) is 0.407. The van der Waals surface area contributed by atoms with Gasteiger partial charge < -0.3 is 24.4 Å². The first-order valence-corrected chi connectivity index (χ1v) is 13.3. The Labute approximate surface area is 237 Å². The number of benzene rings is 2. The summed E-state index contributed by atoms with van der Waals surface area (Å²) in [5.74, 6) is -0.425. The third-order valence-electron chi connectivity index (χ3n) is 5.79. The van der Waals surface area contributed by atoms with Gasteiger partial charge in [0.2, 0.25) is 0 Å². The van der Waals surface area contributed by atoms with E-state index in [9.17, 15) is 14.4 Å². The molecule has 12 heteroatoms. The zero-order chi connectivity index (χ0) is 28.4. The number of morpholine rings is 1. The molecule has 1 aliphatic heterocycles. The summed E-state index contributed by atoms with van der Waals surface area (Å²) in [6.07, 6.45) is 1.45. The summed E-state index contributed by atoms with van der Waals surface area (Å²) in [4.78, 5) is 39.5. The average molecular weight is 579 g/mol. The Morgan fingerprint density at radius 2 is 1.79 bits per heavy atom. The number of amides is 3. The van der Waals surface area contributed by atoms with Gasteiger partial charge in [0.15, 0.2) is 18.1 Å². The molecule has 1 fully saturated rings. The first-order chi connectivity index (χ1) is 18.7. The van der Waals surface area contributed by atoms with Gasteiger partial charge in [0.25, 0.3) is 17.7 Å². The third-order valence-corrected chi connectivity index (χ3v) is 6.53. The molecule has 1 aliphatic rings. The Kier molecular flexibility index (Phi) is 11.4. The van der Waals surface area contributed by atoms with Crippen LogP contribution in [0.5, 0.6) is 11.5 Å². The molecule has 2 aromatic carbocycles. The Hall–Kier alpha value is -3.34. The monoisotopic (exact) mass is 578 g/mol. The molecule has 0 saturated carbocycles. The van der Waals surface area contributed by atoms with Gasteiger partial charge in [-0.15, -0.1) is 0 Å². The van der Waals surface area contributed by atoms with Crippen LogP contribution < -0.4 is 20.2 Å². The standard InChI is InChI=1S/C27H32Cl2N4O6/c1-4-38-23-13-18(5-8-22(23)39-16-24(34)33-9-11-37-12-10-33)15-30-32-27(36)25(17(2)3)31-26(35)19-6-7-20(28)21(29)14-19/h5-8,13-15,17,25H,4,9-12,16H2,1-3H3,(H,31,35)(H,32,36)/b30-15-. The lowest BCUT2D eigenvalue weighted by molar-refractivity contribution is -0.137. The zero-order valence-electron chi connectivity index (χ0n) is 22.0. The number of hydrazone groups is 1. The number of hydrogen-bond donors (Lipinski definition) is 2. The number of carbonyl (C=O) groups excluding carboxylic acids is 3. The Morgan fingerprint density at radius 3 is 2.46 bits per heavy atom. The van der Waals surface area contributed by atoms with Gasteiger partial charge in [-0.1, -0.05) is 37.0 Å². The molecule has 2 aromatic rings. The predicted molar refractivity (Wildman–Crippen MR) is 149 cm³/mol.